The van der Waals surface area contributed by atoms with Gasteiger partial charge < -0.3 is 5.32 Å². The molecule has 0 aliphatic carbocycles. The summed E-state index contributed by atoms with van der Waals surface area (Å²) >= 11 is 13.9. The Morgan fingerprint density at radius 2 is 1.33 bits per heavy atom. The minimum atomic E-state index is -0.0290. The molecule has 0 amide bonds. The second-order valence-corrected chi connectivity index (χ2v) is 8.13. The minimum absolute atomic E-state index is 0.0290. The molecule has 0 saturated carbocycles. The number of benzene rings is 3. The Labute approximate surface area is 173 Å². The summed E-state index contributed by atoms with van der Waals surface area (Å²) in [6, 6.07) is 24.3. The lowest BCUT2D eigenvalue weighted by molar-refractivity contribution is 0.572. The van der Waals surface area contributed by atoms with Gasteiger partial charge in [-0.1, -0.05) is 59.6 Å². The van der Waals surface area contributed by atoms with E-state index in [0.717, 1.165) is 32.6 Å². The molecule has 2 nitrogen and oxygen atoms in total. The van der Waals surface area contributed by atoms with E-state index in [4.69, 9.17) is 28.2 Å². The van der Waals surface area contributed by atoms with Crippen molar-refractivity contribution in [2.24, 2.45) is 4.99 Å². The van der Waals surface area contributed by atoms with Crippen molar-refractivity contribution in [3.8, 4) is 0 Å². The number of nitrogens with zero attached hydrogens (tertiary/aromatic N) is 1. The highest BCUT2D eigenvalue weighted by Gasteiger charge is 2.31. The molecule has 0 saturated heterocycles. The van der Waals surface area contributed by atoms with E-state index in [1.165, 1.54) is 4.90 Å². The topological polar surface area (TPSA) is 24.4 Å². The number of amidine groups is 1. The van der Waals surface area contributed by atoms with Crippen molar-refractivity contribution in [1.29, 1.82) is 0 Å². The second-order valence-electron chi connectivity index (χ2n) is 6.38. The molecule has 1 aliphatic heterocycles. The smallest absolute Gasteiger partial charge is 0.129 e. The number of aliphatic imine (C=N–C) groups is 1. The molecule has 0 spiro atoms. The van der Waals surface area contributed by atoms with E-state index in [-0.39, 0.29) is 12.1 Å². The highest BCUT2D eigenvalue weighted by atomic mass is 35.5. The van der Waals surface area contributed by atoms with E-state index < -0.39 is 0 Å². The lowest BCUT2D eigenvalue weighted by atomic mass is 9.95. The maximum absolute atomic E-state index is 6.08. The van der Waals surface area contributed by atoms with Gasteiger partial charge in [-0.2, -0.15) is 0 Å². The lowest BCUT2D eigenvalue weighted by Gasteiger charge is -2.20. The van der Waals surface area contributed by atoms with E-state index >= 15 is 0 Å². The summed E-state index contributed by atoms with van der Waals surface area (Å²) in [6.45, 7) is 0. The van der Waals surface area contributed by atoms with E-state index in [2.05, 4.69) is 48.0 Å². The first-order chi connectivity index (χ1) is 13.1. The van der Waals surface area contributed by atoms with Crippen LogP contribution in [0.5, 0.6) is 0 Å². The fourth-order valence-corrected chi connectivity index (χ4v) is 3.91. The van der Waals surface area contributed by atoms with Gasteiger partial charge >= 0.3 is 0 Å². The molecule has 0 fully saturated rings. The van der Waals surface area contributed by atoms with Crippen LogP contribution < -0.4 is 5.32 Å². The first-order valence-electron chi connectivity index (χ1n) is 8.64. The van der Waals surface area contributed by atoms with Crippen LogP contribution in [0.1, 0.15) is 28.8 Å². The third-order valence-corrected chi connectivity index (χ3v) is 5.93. The quantitative estimate of drug-likeness (QED) is 0.491. The van der Waals surface area contributed by atoms with Crippen molar-refractivity contribution in [2.45, 2.75) is 17.0 Å². The predicted octanol–water partition coefficient (Wildman–Crippen LogP) is 6.55. The van der Waals surface area contributed by atoms with Gasteiger partial charge in [0.1, 0.15) is 11.9 Å². The van der Waals surface area contributed by atoms with E-state index in [1.807, 2.05) is 36.4 Å². The van der Waals surface area contributed by atoms with Gasteiger partial charge in [0.25, 0.3) is 0 Å². The van der Waals surface area contributed by atoms with Crippen LogP contribution >= 0.6 is 35.0 Å². The summed E-state index contributed by atoms with van der Waals surface area (Å²) in [7, 11) is 0. The number of hydrogen-bond donors (Lipinski definition) is 1. The number of halogens is 2. The van der Waals surface area contributed by atoms with Crippen LogP contribution in [-0.4, -0.2) is 12.1 Å². The van der Waals surface area contributed by atoms with Crippen LogP contribution in [0.25, 0.3) is 0 Å². The molecule has 3 aromatic carbocycles. The molecule has 3 aromatic rings. The normalized spacial score (nSPS) is 18.9. The molecular weight excluding hydrogens is 395 g/mol. The van der Waals surface area contributed by atoms with Gasteiger partial charge in [0.2, 0.25) is 0 Å². The molecule has 0 bridgehead atoms. The van der Waals surface area contributed by atoms with E-state index in [9.17, 15) is 0 Å². The number of nitrogens with one attached hydrogen (secondary N) is 1. The number of rotatable bonds is 4. The fraction of sp³-hybridized carbons (Fsp3) is 0.136. The number of thioether (sulfide) groups is 1. The van der Waals surface area contributed by atoms with Gasteiger partial charge in [-0.15, -0.1) is 11.8 Å². The molecule has 1 N–H and O–H groups in total. The molecule has 0 unspecified atom stereocenters. The highest BCUT2D eigenvalue weighted by Crippen LogP contribution is 2.37. The monoisotopic (exact) mass is 412 g/mol. The van der Waals surface area contributed by atoms with Crippen LogP contribution in [0, 0.1) is 0 Å². The van der Waals surface area contributed by atoms with E-state index in [0.29, 0.717) is 0 Å². The number of hydrogen-bond acceptors (Lipinski definition) is 3. The molecule has 27 heavy (non-hydrogen) atoms. The Morgan fingerprint density at radius 3 is 1.89 bits per heavy atom. The standard InChI is InChI=1S/C22H18Cl2N2S/c1-27-19-12-6-16(7-13-19)22-25-20(14-2-8-17(23)9-3-14)21(26-22)15-4-10-18(24)11-5-15/h2-13,20-21H,1H3,(H,25,26)/t20-,21+. The largest absolute Gasteiger partial charge is 0.361 e. The minimum Gasteiger partial charge on any atom is -0.361 e. The molecule has 1 aliphatic rings. The Kier molecular flexibility index (Phi) is 5.44. The maximum Gasteiger partial charge on any atom is 0.129 e. The average molecular weight is 413 g/mol. The van der Waals surface area contributed by atoms with Crippen molar-refractivity contribution >= 4 is 40.8 Å². The fourth-order valence-electron chi connectivity index (χ4n) is 3.25. The summed E-state index contributed by atoms with van der Waals surface area (Å²) < 4.78 is 0. The molecule has 136 valence electrons. The van der Waals surface area contributed by atoms with Gasteiger partial charge in [-0.3, -0.25) is 4.99 Å². The van der Waals surface area contributed by atoms with Crippen molar-refractivity contribution in [3.63, 3.8) is 0 Å². The van der Waals surface area contributed by atoms with Gasteiger partial charge in [-0.25, -0.2) is 0 Å². The van der Waals surface area contributed by atoms with Gasteiger partial charge in [0, 0.05) is 20.5 Å². The zero-order chi connectivity index (χ0) is 18.8. The Hall–Kier alpha value is -1.94. The first-order valence-corrected chi connectivity index (χ1v) is 10.6. The van der Waals surface area contributed by atoms with Crippen LogP contribution in [0.3, 0.4) is 0 Å². The SMILES string of the molecule is CSc1ccc(C2=N[C@H](c3ccc(Cl)cc3)[C@H](c3ccc(Cl)cc3)N2)cc1. The third kappa shape index (κ3) is 4.01. The summed E-state index contributed by atoms with van der Waals surface area (Å²) in [4.78, 5) is 6.25. The van der Waals surface area contributed by atoms with Crippen LogP contribution in [-0.2, 0) is 0 Å². The zero-order valence-electron chi connectivity index (χ0n) is 14.7. The van der Waals surface area contributed by atoms with Crippen molar-refractivity contribution in [2.75, 3.05) is 6.26 Å². The molecule has 5 heteroatoms. The van der Waals surface area contributed by atoms with Gasteiger partial charge in [-0.05, 0) is 53.8 Å². The molecule has 4 rings (SSSR count). The van der Waals surface area contributed by atoms with Gasteiger partial charge in [0.15, 0.2) is 0 Å². The van der Waals surface area contributed by atoms with Crippen molar-refractivity contribution in [3.05, 3.63) is 99.5 Å². The van der Waals surface area contributed by atoms with Crippen molar-refractivity contribution in [1.82, 2.24) is 5.32 Å². The zero-order valence-corrected chi connectivity index (χ0v) is 17.0. The Morgan fingerprint density at radius 1 is 0.778 bits per heavy atom. The summed E-state index contributed by atoms with van der Waals surface area (Å²) in [5.74, 6) is 0.905. The van der Waals surface area contributed by atoms with E-state index in [1.54, 1.807) is 11.8 Å². The molecule has 0 radical (unpaired) electrons. The van der Waals surface area contributed by atoms with Crippen molar-refractivity contribution < 1.29 is 0 Å². The maximum atomic E-state index is 6.08. The van der Waals surface area contributed by atoms with Gasteiger partial charge in [0.05, 0.1) is 6.04 Å². The summed E-state index contributed by atoms with van der Waals surface area (Å²) in [5, 5.41) is 5.07. The summed E-state index contributed by atoms with van der Waals surface area (Å²) in [5.41, 5.74) is 3.37. The molecular formula is C22H18Cl2N2S. The molecule has 0 aromatic heterocycles. The third-order valence-electron chi connectivity index (χ3n) is 4.68. The van der Waals surface area contributed by atoms with Crippen LogP contribution in [0.15, 0.2) is 82.7 Å². The first kappa shape index (κ1) is 18.4. The van der Waals surface area contributed by atoms with Crippen LogP contribution in [0.2, 0.25) is 10.0 Å². The average Bonchev–Trinajstić information content (AvgIpc) is 3.14. The lowest BCUT2D eigenvalue weighted by Crippen LogP contribution is -2.25. The summed E-state index contributed by atoms with van der Waals surface area (Å²) in [6.07, 6.45) is 2.08. The van der Waals surface area contributed by atoms with Crippen LogP contribution in [0.4, 0.5) is 0 Å². The Bertz CT molecular complexity index is 951. The Balaban J connectivity index is 1.72. The molecule has 2 atom stereocenters. The molecule has 1 heterocycles. The predicted molar refractivity (Wildman–Crippen MR) is 116 cm³/mol. The second kappa shape index (κ2) is 7.97. The highest BCUT2D eigenvalue weighted by molar-refractivity contribution is 7.98.